The molecule has 3 N–H and O–H groups in total. The zero-order valence-electron chi connectivity index (χ0n) is 3.27. The summed E-state index contributed by atoms with van der Waals surface area (Å²) in [7, 11) is 0. The van der Waals surface area contributed by atoms with Gasteiger partial charge in [0.25, 0.3) is 0 Å². The van der Waals surface area contributed by atoms with Gasteiger partial charge in [-0.2, -0.15) is 0 Å². The maximum Gasteiger partial charge on any atom is 0.105 e. The molecule has 1 rings (SSSR count). The average molecular weight is 102 g/mol. The fraction of sp³-hybridized carbons (Fsp3) is 0.667. The Labute approximate surface area is 40.6 Å². The standard InChI is InChI=1S/C3H6N2S/c4-3(5)2-1-6-2/h2H,1H2,(H3,4,5). The van der Waals surface area contributed by atoms with Crippen LogP contribution in [0.2, 0.25) is 0 Å². The molecule has 0 aliphatic carbocycles. The summed E-state index contributed by atoms with van der Waals surface area (Å²) in [6.45, 7) is 0. The van der Waals surface area contributed by atoms with Crippen molar-refractivity contribution < 1.29 is 0 Å². The van der Waals surface area contributed by atoms with Crippen LogP contribution in [-0.2, 0) is 0 Å². The summed E-state index contributed by atoms with van der Waals surface area (Å²) in [6.07, 6.45) is 0. The molecule has 0 aromatic carbocycles. The number of nitrogens with one attached hydrogen (secondary N) is 1. The maximum atomic E-state index is 6.77. The van der Waals surface area contributed by atoms with Crippen LogP contribution in [0.15, 0.2) is 0 Å². The van der Waals surface area contributed by atoms with E-state index in [1.54, 1.807) is 11.8 Å². The summed E-state index contributed by atoms with van der Waals surface area (Å²) in [4.78, 5) is 0. The summed E-state index contributed by atoms with van der Waals surface area (Å²) in [6, 6.07) is 0. The minimum absolute atomic E-state index is 0.333. The van der Waals surface area contributed by atoms with Crippen LogP contribution in [0.1, 0.15) is 0 Å². The van der Waals surface area contributed by atoms with Crippen molar-refractivity contribution in [2.45, 2.75) is 5.25 Å². The SMILES string of the molecule is N=C(N)C1CS1. The van der Waals surface area contributed by atoms with E-state index in [-0.39, 0.29) is 0 Å². The average Bonchev–Trinajstić information content (AvgIpc) is 2.06. The van der Waals surface area contributed by atoms with Gasteiger partial charge in [-0.15, -0.1) is 11.8 Å². The summed E-state index contributed by atoms with van der Waals surface area (Å²) in [5.41, 5.74) is 5.06. The van der Waals surface area contributed by atoms with Crippen molar-refractivity contribution in [3.05, 3.63) is 0 Å². The van der Waals surface area contributed by atoms with E-state index in [0.717, 1.165) is 5.75 Å². The number of hydrogen-bond acceptors (Lipinski definition) is 2. The third-order valence-corrected chi connectivity index (χ3v) is 1.60. The molecule has 0 spiro atoms. The van der Waals surface area contributed by atoms with Crippen LogP contribution in [0.25, 0.3) is 0 Å². The summed E-state index contributed by atoms with van der Waals surface area (Å²) >= 11 is 1.73. The molecule has 34 valence electrons. The topological polar surface area (TPSA) is 49.9 Å². The Morgan fingerprint density at radius 1 is 2.00 bits per heavy atom. The molecule has 0 bridgehead atoms. The van der Waals surface area contributed by atoms with Gasteiger partial charge in [0.1, 0.15) is 5.84 Å². The van der Waals surface area contributed by atoms with Crippen LogP contribution >= 0.6 is 11.8 Å². The van der Waals surface area contributed by atoms with Gasteiger partial charge in [0.15, 0.2) is 0 Å². The lowest BCUT2D eigenvalue weighted by molar-refractivity contribution is 1.33. The van der Waals surface area contributed by atoms with Crippen LogP contribution in [0.4, 0.5) is 0 Å². The minimum atomic E-state index is 0.333. The Morgan fingerprint density at radius 3 is 2.50 bits per heavy atom. The van der Waals surface area contributed by atoms with Crippen molar-refractivity contribution in [3.8, 4) is 0 Å². The van der Waals surface area contributed by atoms with Crippen molar-refractivity contribution in [1.29, 1.82) is 5.41 Å². The molecule has 1 aliphatic rings. The Bertz CT molecular complexity index is 76.9. The van der Waals surface area contributed by atoms with E-state index >= 15 is 0 Å². The fourth-order valence-corrected chi connectivity index (χ4v) is 0.683. The Kier molecular flexibility index (Phi) is 0.765. The van der Waals surface area contributed by atoms with Gasteiger partial charge in [-0.05, 0) is 0 Å². The molecule has 1 heterocycles. The molecular formula is C3H6N2S. The number of thioether (sulfide) groups is 1. The first-order chi connectivity index (χ1) is 2.80. The van der Waals surface area contributed by atoms with Gasteiger partial charge in [0, 0.05) is 5.75 Å². The second kappa shape index (κ2) is 1.15. The molecule has 1 fully saturated rings. The third kappa shape index (κ3) is 0.653. The second-order valence-electron chi connectivity index (χ2n) is 1.28. The van der Waals surface area contributed by atoms with Gasteiger partial charge in [-0.25, -0.2) is 0 Å². The highest BCUT2D eigenvalue weighted by Crippen LogP contribution is 2.28. The molecule has 1 aliphatic heterocycles. The fourth-order valence-electron chi connectivity index (χ4n) is 0.228. The molecule has 6 heavy (non-hydrogen) atoms. The molecule has 1 unspecified atom stereocenters. The quantitative estimate of drug-likeness (QED) is 0.279. The second-order valence-corrected chi connectivity index (χ2v) is 2.51. The van der Waals surface area contributed by atoms with Crippen molar-refractivity contribution >= 4 is 17.6 Å². The predicted molar refractivity (Wildman–Crippen MR) is 28.2 cm³/mol. The van der Waals surface area contributed by atoms with Gasteiger partial charge in [-0.1, -0.05) is 0 Å². The maximum absolute atomic E-state index is 6.77. The zero-order chi connectivity index (χ0) is 4.57. The molecular weight excluding hydrogens is 96.1 g/mol. The zero-order valence-corrected chi connectivity index (χ0v) is 4.09. The van der Waals surface area contributed by atoms with E-state index in [2.05, 4.69) is 0 Å². The van der Waals surface area contributed by atoms with Crippen LogP contribution in [0, 0.1) is 5.41 Å². The van der Waals surface area contributed by atoms with Crippen molar-refractivity contribution in [3.63, 3.8) is 0 Å². The van der Waals surface area contributed by atoms with E-state index in [4.69, 9.17) is 11.1 Å². The van der Waals surface area contributed by atoms with E-state index in [1.807, 2.05) is 0 Å². The Balaban J connectivity index is 2.31. The smallest absolute Gasteiger partial charge is 0.105 e. The molecule has 2 nitrogen and oxygen atoms in total. The van der Waals surface area contributed by atoms with E-state index < -0.39 is 0 Å². The van der Waals surface area contributed by atoms with E-state index in [1.165, 1.54) is 0 Å². The first-order valence-electron chi connectivity index (χ1n) is 1.76. The lowest BCUT2D eigenvalue weighted by Crippen LogP contribution is -2.15. The van der Waals surface area contributed by atoms with E-state index in [9.17, 15) is 0 Å². The molecule has 0 saturated carbocycles. The lowest BCUT2D eigenvalue weighted by atomic mass is 10.5. The molecule has 0 aromatic heterocycles. The third-order valence-electron chi connectivity index (χ3n) is 0.680. The van der Waals surface area contributed by atoms with Crippen molar-refractivity contribution in [2.24, 2.45) is 5.73 Å². The Morgan fingerprint density at radius 2 is 2.50 bits per heavy atom. The Hall–Kier alpha value is -0.180. The van der Waals surface area contributed by atoms with Crippen LogP contribution in [0.5, 0.6) is 0 Å². The summed E-state index contributed by atoms with van der Waals surface area (Å²) in [5.74, 6) is 1.40. The summed E-state index contributed by atoms with van der Waals surface area (Å²) < 4.78 is 0. The van der Waals surface area contributed by atoms with Gasteiger partial charge >= 0.3 is 0 Å². The molecule has 1 atom stereocenters. The van der Waals surface area contributed by atoms with Crippen LogP contribution in [-0.4, -0.2) is 16.8 Å². The monoisotopic (exact) mass is 102 g/mol. The lowest BCUT2D eigenvalue weighted by Gasteiger charge is -1.80. The highest BCUT2D eigenvalue weighted by molar-refractivity contribution is 8.07. The highest BCUT2D eigenvalue weighted by Gasteiger charge is 2.24. The first-order valence-corrected chi connectivity index (χ1v) is 2.81. The van der Waals surface area contributed by atoms with Gasteiger partial charge < -0.3 is 5.73 Å². The molecule has 0 aromatic rings. The van der Waals surface area contributed by atoms with Gasteiger partial charge in [0.2, 0.25) is 0 Å². The van der Waals surface area contributed by atoms with Gasteiger partial charge in [0.05, 0.1) is 5.25 Å². The normalized spacial score (nSPS) is 29.7. The first kappa shape index (κ1) is 3.99. The van der Waals surface area contributed by atoms with Crippen molar-refractivity contribution in [1.82, 2.24) is 0 Å². The molecule has 3 heteroatoms. The predicted octanol–water partition coefficient (Wildman–Crippen LogP) is 0.0378. The van der Waals surface area contributed by atoms with Crippen LogP contribution in [0.3, 0.4) is 0 Å². The summed E-state index contributed by atoms with van der Waals surface area (Å²) in [5, 5.41) is 7.15. The van der Waals surface area contributed by atoms with Crippen molar-refractivity contribution in [2.75, 3.05) is 5.75 Å². The number of amidine groups is 1. The van der Waals surface area contributed by atoms with Crippen LogP contribution < -0.4 is 5.73 Å². The number of rotatable bonds is 1. The van der Waals surface area contributed by atoms with E-state index in [0.29, 0.717) is 11.1 Å². The minimum Gasteiger partial charge on any atom is -0.387 e. The highest BCUT2D eigenvalue weighted by atomic mass is 32.2. The molecule has 1 saturated heterocycles. The van der Waals surface area contributed by atoms with Gasteiger partial charge in [-0.3, -0.25) is 5.41 Å². The molecule has 0 radical (unpaired) electrons. The number of hydrogen-bond donors (Lipinski definition) is 2. The molecule has 0 amide bonds. The number of nitrogens with two attached hydrogens (primary N) is 1. The largest absolute Gasteiger partial charge is 0.387 e.